The number of halogens is 1. The fraction of sp³-hybridized carbons (Fsp3) is 0.440. The normalized spacial score (nSPS) is 22.1. The lowest BCUT2D eigenvalue weighted by Crippen LogP contribution is -2.49. The van der Waals surface area contributed by atoms with E-state index in [2.05, 4.69) is 17.4 Å². The van der Waals surface area contributed by atoms with Gasteiger partial charge in [0.05, 0.1) is 5.92 Å². The fourth-order valence-electron chi connectivity index (χ4n) is 4.85. The first-order valence-electron chi connectivity index (χ1n) is 11.0. The number of hydrogen-bond acceptors (Lipinski definition) is 2. The Balaban J connectivity index is 1.47. The summed E-state index contributed by atoms with van der Waals surface area (Å²) in [4.78, 5) is 28.0. The van der Waals surface area contributed by atoms with Gasteiger partial charge in [-0.1, -0.05) is 55.3 Å². The average Bonchev–Trinajstić information content (AvgIpc) is 3.32. The van der Waals surface area contributed by atoms with Crippen LogP contribution in [0, 0.1) is 17.7 Å². The molecule has 1 heterocycles. The summed E-state index contributed by atoms with van der Waals surface area (Å²) in [5.41, 5.74) is 1.90. The summed E-state index contributed by atoms with van der Waals surface area (Å²) < 4.78 is 13.4. The van der Waals surface area contributed by atoms with Gasteiger partial charge in [-0.25, -0.2) is 4.39 Å². The molecule has 1 saturated carbocycles. The predicted molar refractivity (Wildman–Crippen MR) is 114 cm³/mol. The van der Waals surface area contributed by atoms with Crippen molar-refractivity contribution in [1.82, 2.24) is 10.2 Å². The number of carbonyl (C=O) groups excluding carboxylic acids is 2. The molecule has 4 rings (SSSR count). The van der Waals surface area contributed by atoms with Gasteiger partial charge in [-0.3, -0.25) is 9.59 Å². The Morgan fingerprint density at radius 3 is 2.47 bits per heavy atom. The SMILES string of the molecule is O=C(NCc1cccc(F)c1)C1CC(c2ccccc2)CN(C(=O)C2CCCC2)C1. The van der Waals surface area contributed by atoms with E-state index in [0.717, 1.165) is 31.2 Å². The molecular formula is C25H29FN2O2. The first kappa shape index (κ1) is 20.6. The first-order chi connectivity index (χ1) is 14.6. The van der Waals surface area contributed by atoms with Gasteiger partial charge in [0.2, 0.25) is 11.8 Å². The Bertz CT molecular complexity index is 880. The first-order valence-corrected chi connectivity index (χ1v) is 11.0. The van der Waals surface area contributed by atoms with E-state index >= 15 is 0 Å². The topological polar surface area (TPSA) is 49.4 Å². The van der Waals surface area contributed by atoms with Crippen LogP contribution in [0.5, 0.6) is 0 Å². The van der Waals surface area contributed by atoms with Crippen LogP contribution in [0.25, 0.3) is 0 Å². The fourth-order valence-corrected chi connectivity index (χ4v) is 4.85. The van der Waals surface area contributed by atoms with Crippen molar-refractivity contribution >= 4 is 11.8 Å². The maximum absolute atomic E-state index is 13.4. The zero-order valence-corrected chi connectivity index (χ0v) is 17.2. The van der Waals surface area contributed by atoms with Gasteiger partial charge in [-0.05, 0) is 42.5 Å². The van der Waals surface area contributed by atoms with Crippen molar-refractivity contribution in [2.75, 3.05) is 13.1 Å². The molecule has 1 aliphatic heterocycles. The molecule has 1 N–H and O–H groups in total. The Kier molecular flexibility index (Phi) is 6.46. The highest BCUT2D eigenvalue weighted by atomic mass is 19.1. The molecule has 2 fully saturated rings. The van der Waals surface area contributed by atoms with E-state index in [1.165, 1.54) is 17.7 Å². The van der Waals surface area contributed by atoms with Crippen molar-refractivity contribution in [2.24, 2.45) is 11.8 Å². The number of likely N-dealkylation sites (tertiary alicyclic amines) is 1. The minimum atomic E-state index is -0.308. The van der Waals surface area contributed by atoms with E-state index in [1.54, 1.807) is 12.1 Å². The molecule has 2 aliphatic rings. The van der Waals surface area contributed by atoms with E-state index in [0.29, 0.717) is 26.1 Å². The lowest BCUT2D eigenvalue weighted by molar-refractivity contribution is -0.139. The second-order valence-electron chi connectivity index (χ2n) is 8.61. The van der Waals surface area contributed by atoms with Gasteiger partial charge < -0.3 is 10.2 Å². The number of benzene rings is 2. The lowest BCUT2D eigenvalue weighted by atomic mass is 9.83. The van der Waals surface area contributed by atoms with Crippen LogP contribution in [-0.2, 0) is 16.1 Å². The number of amides is 2. The van der Waals surface area contributed by atoms with Crippen LogP contribution in [0.1, 0.15) is 49.1 Å². The number of hydrogen-bond donors (Lipinski definition) is 1. The summed E-state index contributed by atoms with van der Waals surface area (Å²) in [7, 11) is 0. The van der Waals surface area contributed by atoms with E-state index in [9.17, 15) is 14.0 Å². The summed E-state index contributed by atoms with van der Waals surface area (Å²) in [6.45, 7) is 1.43. The maximum Gasteiger partial charge on any atom is 0.225 e. The van der Waals surface area contributed by atoms with E-state index in [1.807, 2.05) is 23.1 Å². The molecule has 158 valence electrons. The molecule has 0 radical (unpaired) electrons. The molecule has 5 heteroatoms. The molecule has 4 nitrogen and oxygen atoms in total. The number of piperidine rings is 1. The third-order valence-electron chi connectivity index (χ3n) is 6.46. The zero-order chi connectivity index (χ0) is 20.9. The van der Waals surface area contributed by atoms with E-state index in [4.69, 9.17) is 0 Å². The van der Waals surface area contributed by atoms with Crippen molar-refractivity contribution in [3.63, 3.8) is 0 Å². The molecule has 2 aromatic carbocycles. The summed E-state index contributed by atoms with van der Waals surface area (Å²) in [5, 5.41) is 2.95. The van der Waals surface area contributed by atoms with Crippen LogP contribution in [0.2, 0.25) is 0 Å². The van der Waals surface area contributed by atoms with Crippen molar-refractivity contribution < 1.29 is 14.0 Å². The Labute approximate surface area is 177 Å². The average molecular weight is 409 g/mol. The quantitative estimate of drug-likeness (QED) is 0.804. The third kappa shape index (κ3) is 4.89. The van der Waals surface area contributed by atoms with Crippen LogP contribution < -0.4 is 5.32 Å². The summed E-state index contributed by atoms with van der Waals surface area (Å²) in [6.07, 6.45) is 4.87. The Morgan fingerprint density at radius 1 is 0.967 bits per heavy atom. The van der Waals surface area contributed by atoms with Gasteiger partial charge in [-0.15, -0.1) is 0 Å². The second kappa shape index (κ2) is 9.41. The smallest absolute Gasteiger partial charge is 0.225 e. The number of nitrogens with zero attached hydrogens (tertiary/aromatic N) is 1. The van der Waals surface area contributed by atoms with Gasteiger partial charge in [0, 0.05) is 31.5 Å². The third-order valence-corrected chi connectivity index (χ3v) is 6.46. The molecule has 2 amide bonds. The number of rotatable bonds is 5. The highest BCUT2D eigenvalue weighted by Gasteiger charge is 2.37. The molecule has 2 atom stereocenters. The van der Waals surface area contributed by atoms with Crippen molar-refractivity contribution in [1.29, 1.82) is 0 Å². The lowest BCUT2D eigenvalue weighted by Gasteiger charge is -2.38. The minimum Gasteiger partial charge on any atom is -0.352 e. The molecule has 1 saturated heterocycles. The maximum atomic E-state index is 13.4. The highest BCUT2D eigenvalue weighted by molar-refractivity contribution is 5.82. The molecular weight excluding hydrogens is 379 g/mol. The Hall–Kier alpha value is -2.69. The molecule has 0 spiro atoms. The van der Waals surface area contributed by atoms with Crippen LogP contribution in [0.15, 0.2) is 54.6 Å². The van der Waals surface area contributed by atoms with Gasteiger partial charge in [0.15, 0.2) is 0 Å². The molecule has 0 aromatic heterocycles. The predicted octanol–water partition coefficient (Wildman–Crippen LogP) is 4.26. The monoisotopic (exact) mass is 408 g/mol. The zero-order valence-electron chi connectivity index (χ0n) is 17.2. The minimum absolute atomic E-state index is 0.0656. The number of carbonyl (C=O) groups is 2. The van der Waals surface area contributed by atoms with Crippen LogP contribution in [-0.4, -0.2) is 29.8 Å². The van der Waals surface area contributed by atoms with Crippen LogP contribution in [0.4, 0.5) is 4.39 Å². The molecule has 1 aliphatic carbocycles. The van der Waals surface area contributed by atoms with Gasteiger partial charge in [-0.2, -0.15) is 0 Å². The molecule has 2 aromatic rings. The second-order valence-corrected chi connectivity index (χ2v) is 8.61. The van der Waals surface area contributed by atoms with Gasteiger partial charge in [0.1, 0.15) is 5.82 Å². The van der Waals surface area contributed by atoms with E-state index in [-0.39, 0.29) is 35.4 Å². The largest absolute Gasteiger partial charge is 0.352 e. The van der Waals surface area contributed by atoms with Crippen molar-refractivity contribution in [3.05, 3.63) is 71.5 Å². The summed E-state index contributed by atoms with van der Waals surface area (Å²) in [5.74, 6) is -0.175. The van der Waals surface area contributed by atoms with Crippen molar-refractivity contribution in [2.45, 2.75) is 44.6 Å². The van der Waals surface area contributed by atoms with Crippen LogP contribution in [0.3, 0.4) is 0 Å². The van der Waals surface area contributed by atoms with Gasteiger partial charge in [0.25, 0.3) is 0 Å². The van der Waals surface area contributed by atoms with Crippen LogP contribution >= 0.6 is 0 Å². The standard InChI is InChI=1S/C25H29FN2O2/c26-23-12-6-7-18(13-23)15-27-24(29)22-14-21(19-8-2-1-3-9-19)16-28(17-22)25(30)20-10-4-5-11-20/h1-3,6-9,12-13,20-22H,4-5,10-11,14-17H2,(H,27,29). The van der Waals surface area contributed by atoms with Gasteiger partial charge >= 0.3 is 0 Å². The van der Waals surface area contributed by atoms with Crippen molar-refractivity contribution in [3.8, 4) is 0 Å². The Morgan fingerprint density at radius 2 is 1.73 bits per heavy atom. The molecule has 30 heavy (non-hydrogen) atoms. The highest BCUT2D eigenvalue weighted by Crippen LogP contribution is 2.34. The number of nitrogens with one attached hydrogen (secondary N) is 1. The molecule has 2 unspecified atom stereocenters. The molecule has 0 bridgehead atoms. The summed E-state index contributed by atoms with van der Waals surface area (Å²) in [6, 6.07) is 16.4. The van der Waals surface area contributed by atoms with E-state index < -0.39 is 0 Å². The summed E-state index contributed by atoms with van der Waals surface area (Å²) >= 11 is 0.